The minimum Gasteiger partial charge on any atom is -0.399 e. The molecule has 0 saturated heterocycles. The summed E-state index contributed by atoms with van der Waals surface area (Å²) in [5, 5.41) is 2.70. The molecule has 3 N–H and O–H groups in total. The van der Waals surface area contributed by atoms with Gasteiger partial charge in [-0.05, 0) is 24.3 Å². The summed E-state index contributed by atoms with van der Waals surface area (Å²) < 4.78 is 38.5. The van der Waals surface area contributed by atoms with Gasteiger partial charge in [0, 0.05) is 17.6 Å². The molecule has 0 aliphatic heterocycles. The van der Waals surface area contributed by atoms with E-state index in [2.05, 4.69) is 15.3 Å². The van der Waals surface area contributed by atoms with E-state index in [1.807, 2.05) is 0 Å². The van der Waals surface area contributed by atoms with Crippen LogP contribution in [-0.4, -0.2) is 9.97 Å². The normalized spacial score (nSPS) is 11.3. The SMILES string of the molecule is Nc1ccc(NCc2ccncn2)c(C(F)(F)F)c1. The van der Waals surface area contributed by atoms with Crippen LogP contribution in [-0.2, 0) is 12.7 Å². The van der Waals surface area contributed by atoms with Crippen molar-refractivity contribution >= 4 is 11.4 Å². The highest BCUT2D eigenvalue weighted by molar-refractivity contribution is 5.59. The second-order valence-corrected chi connectivity index (χ2v) is 3.86. The summed E-state index contributed by atoms with van der Waals surface area (Å²) in [6.07, 6.45) is -1.59. The van der Waals surface area contributed by atoms with Gasteiger partial charge < -0.3 is 11.1 Å². The number of anilines is 2. The summed E-state index contributed by atoms with van der Waals surface area (Å²) in [5.74, 6) is 0. The zero-order chi connectivity index (χ0) is 13.9. The number of benzene rings is 1. The predicted octanol–water partition coefficient (Wildman–Crippen LogP) is 2.69. The number of hydrogen-bond donors (Lipinski definition) is 2. The number of nitrogens with zero attached hydrogens (tertiary/aromatic N) is 2. The molecule has 2 rings (SSSR count). The summed E-state index contributed by atoms with van der Waals surface area (Å²) in [7, 11) is 0. The van der Waals surface area contributed by atoms with Gasteiger partial charge in [0.05, 0.1) is 17.8 Å². The average Bonchev–Trinajstić information content (AvgIpc) is 2.37. The average molecular weight is 268 g/mol. The molecule has 0 bridgehead atoms. The third kappa shape index (κ3) is 3.34. The maximum Gasteiger partial charge on any atom is 0.418 e. The lowest BCUT2D eigenvalue weighted by molar-refractivity contribution is -0.136. The fraction of sp³-hybridized carbons (Fsp3) is 0.167. The fourth-order valence-corrected chi connectivity index (χ4v) is 1.56. The lowest BCUT2D eigenvalue weighted by Crippen LogP contribution is -2.12. The smallest absolute Gasteiger partial charge is 0.399 e. The Morgan fingerprint density at radius 1 is 1.21 bits per heavy atom. The molecule has 0 aliphatic rings. The number of nitrogens with two attached hydrogens (primary N) is 1. The van der Waals surface area contributed by atoms with Gasteiger partial charge in [-0.3, -0.25) is 0 Å². The van der Waals surface area contributed by atoms with E-state index in [1.165, 1.54) is 24.7 Å². The first-order chi connectivity index (χ1) is 8.97. The summed E-state index contributed by atoms with van der Waals surface area (Å²) in [6.45, 7) is 0.176. The number of alkyl halides is 3. The quantitative estimate of drug-likeness (QED) is 0.840. The van der Waals surface area contributed by atoms with Crippen molar-refractivity contribution in [3.63, 3.8) is 0 Å². The number of nitrogens with one attached hydrogen (secondary N) is 1. The molecule has 2 aromatic rings. The molecule has 0 saturated carbocycles. The van der Waals surface area contributed by atoms with E-state index in [9.17, 15) is 13.2 Å². The van der Waals surface area contributed by atoms with Crippen LogP contribution >= 0.6 is 0 Å². The first kappa shape index (κ1) is 13.1. The molecule has 0 spiro atoms. The minimum atomic E-state index is -4.45. The number of nitrogen functional groups attached to an aromatic ring is 1. The molecular formula is C12H11F3N4. The monoisotopic (exact) mass is 268 g/mol. The van der Waals surface area contributed by atoms with Crippen molar-refractivity contribution in [2.75, 3.05) is 11.1 Å². The van der Waals surface area contributed by atoms with Crippen LogP contribution in [0.3, 0.4) is 0 Å². The van der Waals surface area contributed by atoms with Crippen molar-refractivity contribution < 1.29 is 13.2 Å². The molecule has 1 heterocycles. The Labute approximate surface area is 107 Å². The maximum absolute atomic E-state index is 12.8. The number of aromatic nitrogens is 2. The predicted molar refractivity (Wildman–Crippen MR) is 65.2 cm³/mol. The van der Waals surface area contributed by atoms with Crippen molar-refractivity contribution in [3.8, 4) is 0 Å². The van der Waals surface area contributed by atoms with E-state index in [0.29, 0.717) is 5.69 Å². The molecule has 0 radical (unpaired) electrons. The van der Waals surface area contributed by atoms with Gasteiger partial charge in [-0.2, -0.15) is 13.2 Å². The highest BCUT2D eigenvalue weighted by atomic mass is 19.4. The van der Waals surface area contributed by atoms with Crippen LogP contribution in [0, 0.1) is 0 Å². The van der Waals surface area contributed by atoms with Crippen LogP contribution in [0.2, 0.25) is 0 Å². The van der Waals surface area contributed by atoms with E-state index in [0.717, 1.165) is 6.07 Å². The molecule has 0 amide bonds. The number of rotatable bonds is 3. The van der Waals surface area contributed by atoms with Crippen LogP contribution in [0.5, 0.6) is 0 Å². The van der Waals surface area contributed by atoms with E-state index < -0.39 is 11.7 Å². The molecule has 0 atom stereocenters. The van der Waals surface area contributed by atoms with E-state index in [4.69, 9.17) is 5.73 Å². The second kappa shape index (κ2) is 5.13. The summed E-state index contributed by atoms with van der Waals surface area (Å²) in [4.78, 5) is 7.66. The molecule has 19 heavy (non-hydrogen) atoms. The van der Waals surface area contributed by atoms with Gasteiger partial charge in [-0.1, -0.05) is 0 Å². The zero-order valence-corrected chi connectivity index (χ0v) is 9.78. The maximum atomic E-state index is 12.8. The molecule has 1 aromatic carbocycles. The van der Waals surface area contributed by atoms with Crippen molar-refractivity contribution in [2.45, 2.75) is 12.7 Å². The minimum absolute atomic E-state index is 0.0275. The third-order valence-corrected chi connectivity index (χ3v) is 2.45. The van der Waals surface area contributed by atoms with Gasteiger partial charge in [0.15, 0.2) is 0 Å². The molecule has 0 aliphatic carbocycles. The molecule has 1 aromatic heterocycles. The first-order valence-corrected chi connectivity index (χ1v) is 5.42. The highest BCUT2D eigenvalue weighted by Gasteiger charge is 2.33. The molecule has 4 nitrogen and oxygen atoms in total. The van der Waals surface area contributed by atoms with Gasteiger partial charge in [-0.25, -0.2) is 9.97 Å². The van der Waals surface area contributed by atoms with E-state index >= 15 is 0 Å². The van der Waals surface area contributed by atoms with Gasteiger partial charge in [0.2, 0.25) is 0 Å². The summed E-state index contributed by atoms with van der Waals surface area (Å²) in [6, 6.07) is 5.25. The van der Waals surface area contributed by atoms with Crippen molar-refractivity contribution in [3.05, 3.63) is 48.0 Å². The first-order valence-electron chi connectivity index (χ1n) is 5.42. The Balaban J connectivity index is 2.21. The Morgan fingerprint density at radius 2 is 2.00 bits per heavy atom. The second-order valence-electron chi connectivity index (χ2n) is 3.86. The van der Waals surface area contributed by atoms with Gasteiger partial charge in [0.25, 0.3) is 0 Å². The van der Waals surface area contributed by atoms with E-state index in [-0.39, 0.29) is 17.9 Å². The van der Waals surface area contributed by atoms with Gasteiger partial charge in [-0.15, -0.1) is 0 Å². The Bertz CT molecular complexity index is 555. The molecule has 7 heteroatoms. The van der Waals surface area contributed by atoms with Crippen LogP contribution in [0.1, 0.15) is 11.3 Å². The van der Waals surface area contributed by atoms with Crippen molar-refractivity contribution in [2.24, 2.45) is 0 Å². The van der Waals surface area contributed by atoms with Gasteiger partial charge >= 0.3 is 6.18 Å². The Hall–Kier alpha value is -2.31. The lowest BCUT2D eigenvalue weighted by atomic mass is 10.1. The lowest BCUT2D eigenvalue weighted by Gasteiger charge is -2.14. The molecule has 0 unspecified atom stereocenters. The van der Waals surface area contributed by atoms with E-state index in [1.54, 1.807) is 6.07 Å². The summed E-state index contributed by atoms with van der Waals surface area (Å²) >= 11 is 0. The Morgan fingerprint density at radius 3 is 2.63 bits per heavy atom. The third-order valence-electron chi connectivity index (χ3n) is 2.45. The topological polar surface area (TPSA) is 63.8 Å². The van der Waals surface area contributed by atoms with Crippen LogP contribution < -0.4 is 11.1 Å². The zero-order valence-electron chi connectivity index (χ0n) is 9.78. The molecule has 100 valence electrons. The van der Waals surface area contributed by atoms with Gasteiger partial charge in [0.1, 0.15) is 6.33 Å². The Kier molecular flexibility index (Phi) is 3.55. The van der Waals surface area contributed by atoms with Crippen molar-refractivity contribution in [1.29, 1.82) is 0 Å². The number of halogens is 3. The van der Waals surface area contributed by atoms with Crippen LogP contribution in [0.25, 0.3) is 0 Å². The number of hydrogen-bond acceptors (Lipinski definition) is 4. The highest BCUT2D eigenvalue weighted by Crippen LogP contribution is 2.36. The van der Waals surface area contributed by atoms with Crippen LogP contribution in [0.4, 0.5) is 24.5 Å². The molecule has 0 fully saturated rings. The largest absolute Gasteiger partial charge is 0.418 e. The fourth-order valence-electron chi connectivity index (χ4n) is 1.56. The standard InChI is InChI=1S/C12H11F3N4/c13-12(14,15)10-5-8(16)1-2-11(10)18-6-9-3-4-17-7-19-9/h1-5,7,18H,6,16H2. The van der Waals surface area contributed by atoms with Crippen molar-refractivity contribution in [1.82, 2.24) is 9.97 Å². The molecular weight excluding hydrogens is 257 g/mol. The summed E-state index contributed by atoms with van der Waals surface area (Å²) in [5.41, 5.74) is 5.23. The van der Waals surface area contributed by atoms with Crippen LogP contribution in [0.15, 0.2) is 36.8 Å².